The second-order valence-corrected chi connectivity index (χ2v) is 6.72. The lowest BCUT2D eigenvalue weighted by Crippen LogP contribution is -2.38. The maximum Gasteiger partial charge on any atom is 0.323 e. The summed E-state index contributed by atoms with van der Waals surface area (Å²) in [4.78, 5) is 30.0. The molecule has 10 heteroatoms. The Balaban J connectivity index is 1.71. The molecular weight excluding hydrogens is 345 g/mol. The highest BCUT2D eigenvalue weighted by molar-refractivity contribution is 5.77. The normalized spacial score (nSPS) is 21.4. The summed E-state index contributed by atoms with van der Waals surface area (Å²) >= 11 is 0. The average Bonchev–Trinajstić information content (AvgIpc) is 3.16. The number of anilines is 1. The third kappa shape index (κ3) is 3.42. The van der Waals surface area contributed by atoms with Crippen molar-refractivity contribution >= 4 is 23.0 Å². The monoisotopic (exact) mass is 367 g/mol. The van der Waals surface area contributed by atoms with Gasteiger partial charge < -0.3 is 25.5 Å². The van der Waals surface area contributed by atoms with E-state index in [1.807, 2.05) is 13.8 Å². The summed E-state index contributed by atoms with van der Waals surface area (Å²) in [6.07, 6.45) is 1.45. The zero-order valence-corrected chi connectivity index (χ0v) is 14.6. The van der Waals surface area contributed by atoms with Crippen molar-refractivity contribution < 1.29 is 18.7 Å². The van der Waals surface area contributed by atoms with Crippen molar-refractivity contribution in [2.45, 2.75) is 45.1 Å². The third-order valence-corrected chi connectivity index (χ3v) is 4.45. The zero-order valence-electron chi connectivity index (χ0n) is 14.6. The summed E-state index contributed by atoms with van der Waals surface area (Å²) < 4.78 is 26.6. The molecule has 0 saturated carbocycles. The van der Waals surface area contributed by atoms with E-state index in [4.69, 9.17) is 20.9 Å². The number of hydrogen-bond acceptors (Lipinski definition) is 7. The van der Waals surface area contributed by atoms with E-state index in [0.717, 1.165) is 0 Å². The smallest absolute Gasteiger partial charge is 0.323 e. The Morgan fingerprint density at radius 2 is 2.27 bits per heavy atom. The van der Waals surface area contributed by atoms with E-state index in [1.165, 1.54) is 10.8 Å². The molecule has 0 radical (unpaired) electrons. The molecule has 0 amide bonds. The number of carbonyl (C=O) groups excluding carboxylic acids is 1. The number of halogens is 1. The van der Waals surface area contributed by atoms with Crippen molar-refractivity contribution in [3.05, 3.63) is 22.4 Å². The highest BCUT2D eigenvalue weighted by Gasteiger charge is 2.31. The molecule has 2 aromatic rings. The van der Waals surface area contributed by atoms with Crippen LogP contribution in [0.2, 0.25) is 0 Å². The molecule has 9 nitrogen and oxygen atoms in total. The van der Waals surface area contributed by atoms with Crippen molar-refractivity contribution in [1.29, 1.82) is 0 Å². The van der Waals surface area contributed by atoms with E-state index in [2.05, 4.69) is 9.97 Å². The third-order valence-electron chi connectivity index (χ3n) is 4.45. The first kappa shape index (κ1) is 18.3. The Bertz CT molecular complexity index is 877. The van der Waals surface area contributed by atoms with Gasteiger partial charge in [0.25, 0.3) is 5.56 Å². The van der Waals surface area contributed by atoms with Gasteiger partial charge in [-0.2, -0.15) is 4.98 Å². The van der Waals surface area contributed by atoms with Gasteiger partial charge in [-0.1, -0.05) is 13.8 Å². The predicted molar refractivity (Wildman–Crippen MR) is 91.6 cm³/mol. The van der Waals surface area contributed by atoms with Gasteiger partial charge in [0.15, 0.2) is 11.5 Å². The molecule has 1 aliphatic rings. The first-order valence-electron chi connectivity index (χ1n) is 8.41. The van der Waals surface area contributed by atoms with Crippen molar-refractivity contribution in [1.82, 2.24) is 14.5 Å². The van der Waals surface area contributed by atoms with Gasteiger partial charge in [0.05, 0.1) is 6.10 Å². The first-order valence-corrected chi connectivity index (χ1v) is 8.41. The lowest BCUT2D eigenvalue weighted by Gasteiger charge is -2.18. The maximum absolute atomic E-state index is 14.1. The summed E-state index contributed by atoms with van der Waals surface area (Å²) in [7, 11) is 0. The molecule has 1 fully saturated rings. The largest absolute Gasteiger partial charge is 0.462 e. The minimum Gasteiger partial charge on any atom is -0.462 e. The molecule has 26 heavy (non-hydrogen) atoms. The number of nitrogen functional groups attached to an aromatic ring is 1. The molecule has 0 spiro atoms. The fourth-order valence-electron chi connectivity index (χ4n) is 2.91. The quantitative estimate of drug-likeness (QED) is 0.660. The Morgan fingerprint density at radius 3 is 2.96 bits per heavy atom. The van der Waals surface area contributed by atoms with Crippen LogP contribution < -0.4 is 17.0 Å². The molecule has 3 unspecified atom stereocenters. The van der Waals surface area contributed by atoms with Crippen LogP contribution in [0, 0.1) is 11.7 Å². The van der Waals surface area contributed by atoms with Crippen LogP contribution in [0.5, 0.6) is 0 Å². The minimum atomic E-state index is -0.699. The Kier molecular flexibility index (Phi) is 4.97. The zero-order chi connectivity index (χ0) is 19.0. The number of aromatic nitrogens is 3. The molecule has 3 heterocycles. The summed E-state index contributed by atoms with van der Waals surface area (Å²) in [5.74, 6) is -1.31. The number of nitrogens with zero attached hydrogens (tertiary/aromatic N) is 2. The van der Waals surface area contributed by atoms with Gasteiger partial charge in [0, 0.05) is 6.20 Å². The lowest BCUT2D eigenvalue weighted by atomic mass is 10.1. The van der Waals surface area contributed by atoms with E-state index < -0.39 is 29.6 Å². The summed E-state index contributed by atoms with van der Waals surface area (Å²) in [5.41, 5.74) is 10.8. The second kappa shape index (κ2) is 7.04. The van der Waals surface area contributed by atoms with Gasteiger partial charge in [-0.05, 0) is 18.8 Å². The Morgan fingerprint density at radius 1 is 1.54 bits per heavy atom. The van der Waals surface area contributed by atoms with Crippen LogP contribution in [0.15, 0.2) is 11.0 Å². The average molecular weight is 367 g/mol. The molecule has 1 aliphatic heterocycles. The van der Waals surface area contributed by atoms with Crippen LogP contribution in [-0.2, 0) is 14.3 Å². The Hall–Kier alpha value is -2.46. The summed E-state index contributed by atoms with van der Waals surface area (Å²) in [6.45, 7) is 3.73. The van der Waals surface area contributed by atoms with E-state index in [9.17, 15) is 14.0 Å². The van der Waals surface area contributed by atoms with Crippen LogP contribution in [0.1, 0.15) is 32.9 Å². The maximum atomic E-state index is 14.1. The van der Waals surface area contributed by atoms with Gasteiger partial charge in [0.1, 0.15) is 24.3 Å². The number of nitrogens with one attached hydrogen (secondary N) is 1. The van der Waals surface area contributed by atoms with Crippen LogP contribution in [0.4, 0.5) is 10.3 Å². The van der Waals surface area contributed by atoms with Gasteiger partial charge in [0.2, 0.25) is 5.95 Å². The van der Waals surface area contributed by atoms with Crippen LogP contribution >= 0.6 is 0 Å². The van der Waals surface area contributed by atoms with Gasteiger partial charge in [-0.3, -0.25) is 14.6 Å². The fraction of sp³-hybridized carbons (Fsp3) is 0.562. The number of H-pyrrole nitrogens is 1. The SMILES string of the molecule is CC(C)C(N)C(=O)OCC1CCC(n2cc(F)c3c(=O)[nH]c(N)nc32)O1. The van der Waals surface area contributed by atoms with Crippen LogP contribution in [0.3, 0.4) is 0 Å². The van der Waals surface area contributed by atoms with Gasteiger partial charge in [-0.15, -0.1) is 0 Å². The molecule has 142 valence electrons. The summed E-state index contributed by atoms with van der Waals surface area (Å²) in [6, 6.07) is -0.686. The highest BCUT2D eigenvalue weighted by Crippen LogP contribution is 2.31. The molecule has 1 saturated heterocycles. The number of fused-ring (bicyclic) bond motifs is 1. The second-order valence-electron chi connectivity index (χ2n) is 6.72. The molecule has 0 aromatic carbocycles. The standard InChI is InChI=1S/C16H22FN5O4/c1-7(2)12(18)15(24)25-6-8-3-4-10(26-8)22-5-9(17)11-13(22)20-16(19)21-14(11)23/h5,7-8,10,12H,3-4,6,18H2,1-2H3,(H3,19,20,21,23). The highest BCUT2D eigenvalue weighted by atomic mass is 19.1. The van der Waals surface area contributed by atoms with E-state index >= 15 is 0 Å². The number of esters is 1. The van der Waals surface area contributed by atoms with Crippen molar-refractivity contribution in [3.8, 4) is 0 Å². The number of ether oxygens (including phenoxy) is 2. The fourth-order valence-corrected chi connectivity index (χ4v) is 2.91. The van der Waals surface area contributed by atoms with Crippen LogP contribution in [-0.4, -0.2) is 39.3 Å². The topological polar surface area (TPSA) is 138 Å². The number of carbonyl (C=O) groups is 1. The van der Waals surface area contributed by atoms with Gasteiger partial charge >= 0.3 is 5.97 Å². The number of hydrogen-bond donors (Lipinski definition) is 3. The van der Waals surface area contributed by atoms with Crippen molar-refractivity contribution in [3.63, 3.8) is 0 Å². The number of aromatic amines is 1. The molecule has 0 aliphatic carbocycles. The molecule has 2 aromatic heterocycles. The molecule has 3 rings (SSSR count). The first-order chi connectivity index (χ1) is 12.3. The van der Waals surface area contributed by atoms with E-state index in [0.29, 0.717) is 12.8 Å². The number of nitrogens with two attached hydrogens (primary N) is 2. The molecule has 5 N–H and O–H groups in total. The molecular formula is C16H22FN5O4. The molecule has 0 bridgehead atoms. The van der Waals surface area contributed by atoms with E-state index in [1.54, 1.807) is 0 Å². The number of rotatable bonds is 5. The lowest BCUT2D eigenvalue weighted by molar-refractivity contribution is -0.151. The predicted octanol–water partition coefficient (Wildman–Crippen LogP) is 0.650. The van der Waals surface area contributed by atoms with Crippen molar-refractivity contribution in [2.75, 3.05) is 12.3 Å². The van der Waals surface area contributed by atoms with Gasteiger partial charge in [-0.25, -0.2) is 4.39 Å². The van der Waals surface area contributed by atoms with Crippen LogP contribution in [0.25, 0.3) is 11.0 Å². The Labute approximate surface area is 148 Å². The van der Waals surface area contributed by atoms with E-state index in [-0.39, 0.29) is 35.6 Å². The van der Waals surface area contributed by atoms with Crippen molar-refractivity contribution in [2.24, 2.45) is 11.7 Å². The minimum absolute atomic E-state index is 0.0245. The molecule has 3 atom stereocenters. The summed E-state index contributed by atoms with van der Waals surface area (Å²) in [5, 5.41) is -0.166.